The SMILES string of the molecule is C#CC(COC(=O)C(CCCC)CCCCCC)(OC)[C@@H](O)Cn1cnc2c(N)nc(F)nc21. The van der Waals surface area contributed by atoms with Crippen LogP contribution in [0.3, 0.4) is 0 Å². The number of halogens is 1. The van der Waals surface area contributed by atoms with Crippen molar-refractivity contribution in [2.24, 2.45) is 5.92 Å². The lowest BCUT2D eigenvalue weighted by atomic mass is 9.94. The highest BCUT2D eigenvalue weighted by Gasteiger charge is 2.39. The summed E-state index contributed by atoms with van der Waals surface area (Å²) < 4.78 is 26.1. The summed E-state index contributed by atoms with van der Waals surface area (Å²) in [6.07, 6.45) is 12.4. The highest BCUT2D eigenvalue weighted by Crippen LogP contribution is 2.24. The van der Waals surface area contributed by atoms with Crippen molar-refractivity contribution in [2.75, 3.05) is 19.5 Å². The summed E-state index contributed by atoms with van der Waals surface area (Å²) in [6.45, 7) is 3.76. The third kappa shape index (κ3) is 6.87. The van der Waals surface area contributed by atoms with E-state index in [0.29, 0.717) is 0 Å². The maximum Gasteiger partial charge on any atom is 0.312 e. The first kappa shape index (κ1) is 27.5. The molecule has 0 radical (unpaired) electrons. The standard InChI is InChI=1S/C24H36FN5O4/c1-5-8-10-11-13-17(12-9-6-2)22(32)34-15-24(7-3,33-4)18(31)14-30-16-27-19-20(26)28-23(25)29-21(19)30/h3,16-18,31H,5-6,8-15H2,1-2,4H3,(H2,26,28,29)/t17?,18-,24?/m0/s1. The van der Waals surface area contributed by atoms with E-state index in [1.165, 1.54) is 18.0 Å². The van der Waals surface area contributed by atoms with Gasteiger partial charge in [0.2, 0.25) is 0 Å². The Morgan fingerprint density at radius 1 is 1.26 bits per heavy atom. The van der Waals surface area contributed by atoms with Crippen molar-refractivity contribution >= 4 is 23.0 Å². The molecule has 2 unspecified atom stereocenters. The van der Waals surface area contributed by atoms with Crippen molar-refractivity contribution in [3.05, 3.63) is 12.4 Å². The molecule has 3 atom stereocenters. The Hall–Kier alpha value is -2.77. The topological polar surface area (TPSA) is 125 Å². The zero-order valence-corrected chi connectivity index (χ0v) is 20.3. The molecule has 9 nitrogen and oxygen atoms in total. The molecule has 10 heteroatoms. The molecule has 2 aromatic rings. The summed E-state index contributed by atoms with van der Waals surface area (Å²) >= 11 is 0. The van der Waals surface area contributed by atoms with Gasteiger partial charge in [-0.1, -0.05) is 58.3 Å². The Labute approximate surface area is 200 Å². The van der Waals surface area contributed by atoms with Gasteiger partial charge < -0.3 is 24.9 Å². The number of hydrogen-bond donors (Lipinski definition) is 2. The number of hydrogen-bond acceptors (Lipinski definition) is 8. The van der Waals surface area contributed by atoms with Gasteiger partial charge in [0.15, 0.2) is 17.1 Å². The van der Waals surface area contributed by atoms with E-state index in [1.807, 2.05) is 0 Å². The number of aromatic nitrogens is 4. The van der Waals surface area contributed by atoms with Crippen molar-refractivity contribution in [3.63, 3.8) is 0 Å². The molecule has 2 heterocycles. The molecule has 2 aromatic heterocycles. The van der Waals surface area contributed by atoms with Crippen LogP contribution in [-0.2, 0) is 20.8 Å². The fourth-order valence-corrected chi connectivity index (χ4v) is 3.84. The normalized spacial score (nSPS) is 14.9. The van der Waals surface area contributed by atoms with Crippen molar-refractivity contribution in [2.45, 2.75) is 83.5 Å². The number of methoxy groups -OCH3 is 1. The first-order valence-electron chi connectivity index (χ1n) is 11.8. The van der Waals surface area contributed by atoms with Crippen LogP contribution in [0.5, 0.6) is 0 Å². The fourth-order valence-electron chi connectivity index (χ4n) is 3.84. The predicted octanol–water partition coefficient (Wildman–Crippen LogP) is 3.25. The summed E-state index contributed by atoms with van der Waals surface area (Å²) in [5, 5.41) is 10.9. The number of nitrogen functional groups attached to an aromatic ring is 1. The second kappa shape index (κ2) is 13.2. The number of aliphatic hydroxyl groups is 1. The molecule has 0 spiro atoms. The average Bonchev–Trinajstić information content (AvgIpc) is 3.22. The first-order chi connectivity index (χ1) is 16.3. The minimum atomic E-state index is -1.61. The third-order valence-electron chi connectivity index (χ3n) is 6.05. The minimum absolute atomic E-state index is 0.106. The van der Waals surface area contributed by atoms with E-state index in [9.17, 15) is 14.3 Å². The van der Waals surface area contributed by atoms with Gasteiger partial charge in [0.1, 0.15) is 18.2 Å². The monoisotopic (exact) mass is 477 g/mol. The molecule has 0 aromatic carbocycles. The molecule has 0 aliphatic heterocycles. The molecule has 0 aliphatic rings. The number of fused-ring (bicyclic) bond motifs is 1. The lowest BCUT2D eigenvalue weighted by Gasteiger charge is -2.32. The smallest absolute Gasteiger partial charge is 0.312 e. The van der Waals surface area contributed by atoms with Crippen LogP contribution >= 0.6 is 0 Å². The Balaban J connectivity index is 2.11. The van der Waals surface area contributed by atoms with Crippen LogP contribution < -0.4 is 5.73 Å². The van der Waals surface area contributed by atoms with E-state index in [1.54, 1.807) is 0 Å². The molecule has 34 heavy (non-hydrogen) atoms. The Kier molecular flexibility index (Phi) is 10.7. The van der Waals surface area contributed by atoms with Gasteiger partial charge in [0.25, 0.3) is 0 Å². The van der Waals surface area contributed by atoms with E-state index in [0.717, 1.165) is 51.4 Å². The Morgan fingerprint density at radius 3 is 2.62 bits per heavy atom. The summed E-state index contributed by atoms with van der Waals surface area (Å²) in [5.41, 5.74) is 4.39. The second-order valence-electron chi connectivity index (χ2n) is 8.50. The predicted molar refractivity (Wildman–Crippen MR) is 127 cm³/mol. The molecule has 3 N–H and O–H groups in total. The Morgan fingerprint density at radius 2 is 1.97 bits per heavy atom. The van der Waals surface area contributed by atoms with Crippen LogP contribution in [0, 0.1) is 24.3 Å². The molecule has 0 bridgehead atoms. The maximum atomic E-state index is 13.6. The summed E-state index contributed by atoms with van der Waals surface area (Å²) in [4.78, 5) is 24.1. The highest BCUT2D eigenvalue weighted by atomic mass is 19.1. The van der Waals surface area contributed by atoms with E-state index in [-0.39, 0.29) is 42.0 Å². The number of aliphatic hydroxyl groups excluding tert-OH is 1. The molecule has 0 saturated carbocycles. The molecule has 2 rings (SSSR count). The number of anilines is 1. The molecule has 0 aliphatic carbocycles. The minimum Gasteiger partial charge on any atom is -0.461 e. The van der Waals surface area contributed by atoms with Crippen molar-refractivity contribution in [1.82, 2.24) is 19.5 Å². The van der Waals surface area contributed by atoms with Crippen molar-refractivity contribution in [3.8, 4) is 12.3 Å². The molecule has 0 amide bonds. The van der Waals surface area contributed by atoms with E-state index < -0.39 is 17.8 Å². The Bertz CT molecular complexity index is 976. The summed E-state index contributed by atoms with van der Waals surface area (Å²) in [7, 11) is 1.34. The molecule has 0 fully saturated rings. The number of unbranched alkanes of at least 4 members (excludes halogenated alkanes) is 4. The third-order valence-corrected chi connectivity index (χ3v) is 6.05. The number of imidazole rings is 1. The quantitative estimate of drug-likeness (QED) is 0.173. The highest BCUT2D eigenvalue weighted by molar-refractivity contribution is 5.81. The van der Waals surface area contributed by atoms with Gasteiger partial charge in [0, 0.05) is 7.11 Å². The lowest BCUT2D eigenvalue weighted by Crippen LogP contribution is -2.49. The largest absolute Gasteiger partial charge is 0.461 e. The van der Waals surface area contributed by atoms with Crippen LogP contribution in [0.15, 0.2) is 6.33 Å². The number of terminal acetylenes is 1. The number of rotatable bonds is 15. The number of ether oxygens (including phenoxy) is 2. The van der Waals surface area contributed by atoms with Gasteiger partial charge in [0.05, 0.1) is 18.8 Å². The van der Waals surface area contributed by atoms with Gasteiger partial charge in [-0.15, -0.1) is 6.42 Å². The van der Waals surface area contributed by atoms with Crippen molar-refractivity contribution < 1.29 is 23.8 Å². The molecule has 188 valence electrons. The first-order valence-corrected chi connectivity index (χ1v) is 11.8. The lowest BCUT2D eigenvalue weighted by molar-refractivity contribution is -0.162. The van der Waals surface area contributed by atoms with Crippen LogP contribution in [0.4, 0.5) is 10.2 Å². The van der Waals surface area contributed by atoms with Gasteiger partial charge in [-0.25, -0.2) is 4.98 Å². The summed E-state index contributed by atoms with van der Waals surface area (Å²) in [6, 6.07) is 0. The van der Waals surface area contributed by atoms with Gasteiger partial charge in [-0.3, -0.25) is 4.79 Å². The van der Waals surface area contributed by atoms with Crippen LogP contribution in [-0.4, -0.2) is 56.0 Å². The number of carbonyl (C=O) groups is 1. The fraction of sp³-hybridized carbons (Fsp3) is 0.667. The molecular formula is C24H36FN5O4. The van der Waals surface area contributed by atoms with E-state index >= 15 is 0 Å². The van der Waals surface area contributed by atoms with E-state index in [2.05, 4.69) is 34.7 Å². The van der Waals surface area contributed by atoms with Gasteiger partial charge >= 0.3 is 12.0 Å². The van der Waals surface area contributed by atoms with Crippen molar-refractivity contribution in [1.29, 1.82) is 0 Å². The van der Waals surface area contributed by atoms with E-state index in [4.69, 9.17) is 21.6 Å². The number of nitrogens with two attached hydrogens (primary N) is 1. The van der Waals surface area contributed by atoms with Crippen LogP contribution in [0.25, 0.3) is 11.2 Å². The zero-order chi connectivity index (χ0) is 25.1. The van der Waals surface area contributed by atoms with Crippen LogP contribution in [0.2, 0.25) is 0 Å². The van der Waals surface area contributed by atoms with Crippen LogP contribution in [0.1, 0.15) is 65.2 Å². The van der Waals surface area contributed by atoms with Gasteiger partial charge in [-0.2, -0.15) is 14.4 Å². The van der Waals surface area contributed by atoms with Gasteiger partial charge in [-0.05, 0) is 12.8 Å². The second-order valence-corrected chi connectivity index (χ2v) is 8.50. The number of carbonyl (C=O) groups excluding carboxylic acids is 1. The number of esters is 1. The summed E-state index contributed by atoms with van der Waals surface area (Å²) in [5.74, 6) is 1.75. The number of nitrogens with zero attached hydrogens (tertiary/aromatic N) is 4. The maximum absolute atomic E-state index is 13.6. The average molecular weight is 478 g/mol. The molecular weight excluding hydrogens is 441 g/mol. The zero-order valence-electron chi connectivity index (χ0n) is 20.3. The molecule has 0 saturated heterocycles.